The standard InChI is InChI=1S/C4H5F3N3S/c1-10-2(4(5,6)7)8-9-3(10)11/h2,8H,1H3. The monoisotopic (exact) mass is 184 g/mol. The molecule has 1 saturated heterocycles. The minimum Gasteiger partial charge on any atom is -0.325 e. The lowest BCUT2D eigenvalue weighted by Gasteiger charge is -2.20. The van der Waals surface area contributed by atoms with E-state index in [0.717, 1.165) is 4.90 Å². The lowest BCUT2D eigenvalue weighted by Crippen LogP contribution is -2.46. The second kappa shape index (κ2) is 2.49. The van der Waals surface area contributed by atoms with Gasteiger partial charge in [-0.25, -0.2) is 0 Å². The third-order valence-corrected chi connectivity index (χ3v) is 1.66. The van der Waals surface area contributed by atoms with Crippen molar-refractivity contribution in [2.24, 2.45) is 0 Å². The molecule has 0 amide bonds. The highest BCUT2D eigenvalue weighted by Gasteiger charge is 2.47. The highest BCUT2D eigenvalue weighted by molar-refractivity contribution is 7.80. The van der Waals surface area contributed by atoms with Crippen molar-refractivity contribution in [3.8, 4) is 0 Å². The summed E-state index contributed by atoms with van der Waals surface area (Å²) in [4.78, 5) is 0.856. The van der Waals surface area contributed by atoms with Crippen LogP contribution in [0.3, 0.4) is 0 Å². The number of halogens is 3. The van der Waals surface area contributed by atoms with E-state index in [0.29, 0.717) is 0 Å². The molecule has 1 unspecified atom stereocenters. The summed E-state index contributed by atoms with van der Waals surface area (Å²) in [6.45, 7) is 0. The Balaban J connectivity index is 2.70. The number of alkyl halides is 3. The molecule has 7 heteroatoms. The minimum absolute atomic E-state index is 0.0766. The molecule has 1 rings (SSSR count). The molecule has 1 fully saturated rings. The van der Waals surface area contributed by atoms with Gasteiger partial charge in [-0.2, -0.15) is 24.0 Å². The Hall–Kier alpha value is -0.560. The molecule has 63 valence electrons. The second-order valence-corrected chi connectivity index (χ2v) is 2.44. The van der Waals surface area contributed by atoms with E-state index in [9.17, 15) is 13.2 Å². The first-order chi connectivity index (χ1) is 4.93. The Bertz CT molecular complexity index is 180. The first-order valence-corrected chi connectivity index (χ1v) is 3.13. The fraction of sp³-hybridized carbons (Fsp3) is 0.750. The molecule has 1 aliphatic rings. The molecule has 0 aromatic rings. The molecule has 1 aliphatic heterocycles. The van der Waals surface area contributed by atoms with Crippen molar-refractivity contribution in [2.75, 3.05) is 7.05 Å². The number of hydrogen-bond donors (Lipinski definition) is 1. The molecule has 1 N–H and O–H groups in total. The Labute approximate surface area is 66.5 Å². The van der Waals surface area contributed by atoms with Gasteiger partial charge in [-0.1, -0.05) is 0 Å². The van der Waals surface area contributed by atoms with Crippen LogP contribution in [-0.4, -0.2) is 29.4 Å². The van der Waals surface area contributed by atoms with Crippen molar-refractivity contribution in [1.29, 1.82) is 0 Å². The summed E-state index contributed by atoms with van der Waals surface area (Å²) >= 11 is 4.48. The number of thiocarbonyl (C=S) groups is 1. The van der Waals surface area contributed by atoms with Gasteiger partial charge in [-0.15, -0.1) is 0 Å². The van der Waals surface area contributed by atoms with Gasteiger partial charge in [-0.05, 0) is 12.2 Å². The van der Waals surface area contributed by atoms with Gasteiger partial charge in [0.25, 0.3) is 0 Å². The molecular weight excluding hydrogens is 179 g/mol. The van der Waals surface area contributed by atoms with E-state index in [1.807, 2.05) is 5.43 Å². The highest BCUT2D eigenvalue weighted by atomic mass is 32.1. The summed E-state index contributed by atoms with van der Waals surface area (Å²) in [6.07, 6.45) is -6.10. The van der Waals surface area contributed by atoms with E-state index in [1.165, 1.54) is 7.05 Å². The van der Waals surface area contributed by atoms with Crippen LogP contribution < -0.4 is 10.9 Å². The maximum absolute atomic E-state index is 12.0. The second-order valence-electron chi connectivity index (χ2n) is 2.08. The van der Waals surface area contributed by atoms with Crippen molar-refractivity contribution in [1.82, 2.24) is 15.8 Å². The molecule has 0 aromatic carbocycles. The van der Waals surface area contributed by atoms with Crippen molar-refractivity contribution in [3.05, 3.63) is 0 Å². The quantitative estimate of drug-likeness (QED) is 0.546. The smallest absolute Gasteiger partial charge is 0.325 e. The maximum atomic E-state index is 12.0. The first kappa shape index (κ1) is 8.54. The number of nitrogens with zero attached hydrogens (tertiary/aromatic N) is 2. The van der Waals surface area contributed by atoms with Crippen LogP contribution >= 0.6 is 12.2 Å². The Morgan fingerprint density at radius 3 is 2.36 bits per heavy atom. The number of hydrogen-bond acceptors (Lipinski definition) is 2. The molecule has 1 atom stereocenters. The van der Waals surface area contributed by atoms with Gasteiger partial charge in [0.05, 0.1) is 0 Å². The van der Waals surface area contributed by atoms with E-state index >= 15 is 0 Å². The lowest BCUT2D eigenvalue weighted by molar-refractivity contribution is -0.174. The summed E-state index contributed by atoms with van der Waals surface area (Å²) in [5.74, 6) is 0. The molecule has 0 bridgehead atoms. The summed E-state index contributed by atoms with van der Waals surface area (Å²) in [5, 5.41) is -0.0766. The van der Waals surface area contributed by atoms with E-state index in [-0.39, 0.29) is 5.11 Å². The summed E-state index contributed by atoms with van der Waals surface area (Å²) < 4.78 is 35.9. The largest absolute Gasteiger partial charge is 0.423 e. The van der Waals surface area contributed by atoms with Crippen LogP contribution in [0.15, 0.2) is 0 Å². The Morgan fingerprint density at radius 1 is 1.64 bits per heavy atom. The molecule has 1 heterocycles. The van der Waals surface area contributed by atoms with Crippen molar-refractivity contribution >= 4 is 17.3 Å². The Kier molecular flexibility index (Phi) is 1.93. The zero-order valence-electron chi connectivity index (χ0n) is 5.51. The van der Waals surface area contributed by atoms with Crippen LogP contribution in [0.2, 0.25) is 0 Å². The van der Waals surface area contributed by atoms with E-state index < -0.39 is 12.3 Å². The lowest BCUT2D eigenvalue weighted by atomic mass is 10.5. The fourth-order valence-corrected chi connectivity index (χ4v) is 0.843. The van der Waals surface area contributed by atoms with Crippen molar-refractivity contribution in [2.45, 2.75) is 12.3 Å². The molecule has 1 radical (unpaired) electrons. The van der Waals surface area contributed by atoms with Gasteiger partial charge < -0.3 is 4.90 Å². The summed E-state index contributed by atoms with van der Waals surface area (Å²) in [5.41, 5.74) is 5.13. The average molecular weight is 184 g/mol. The van der Waals surface area contributed by atoms with Crippen molar-refractivity contribution < 1.29 is 13.2 Å². The maximum Gasteiger partial charge on any atom is 0.423 e. The van der Waals surface area contributed by atoms with Gasteiger partial charge >= 0.3 is 6.18 Å². The fourth-order valence-electron chi connectivity index (χ4n) is 0.685. The minimum atomic E-state index is -4.33. The molecule has 3 nitrogen and oxygen atoms in total. The van der Waals surface area contributed by atoms with Crippen LogP contribution in [0.5, 0.6) is 0 Å². The first-order valence-electron chi connectivity index (χ1n) is 2.72. The third-order valence-electron chi connectivity index (χ3n) is 1.28. The molecule has 0 saturated carbocycles. The third kappa shape index (κ3) is 1.54. The Morgan fingerprint density at radius 2 is 2.18 bits per heavy atom. The van der Waals surface area contributed by atoms with Crippen LogP contribution in [0, 0.1) is 0 Å². The van der Waals surface area contributed by atoms with Gasteiger partial charge in [0, 0.05) is 7.05 Å². The molecule has 11 heavy (non-hydrogen) atoms. The summed E-state index contributed by atoms with van der Waals surface area (Å²) in [6, 6.07) is 0. The SMILES string of the molecule is CN1C(=S)[N]NC1C(F)(F)F. The molecular formula is C4H5F3N3S. The van der Waals surface area contributed by atoms with Crippen LogP contribution in [-0.2, 0) is 0 Å². The summed E-state index contributed by atoms with van der Waals surface area (Å²) in [7, 11) is 1.24. The normalized spacial score (nSPS) is 25.6. The van der Waals surface area contributed by atoms with E-state index in [4.69, 9.17) is 0 Å². The molecule has 0 aliphatic carbocycles. The van der Waals surface area contributed by atoms with Gasteiger partial charge in [-0.3, -0.25) is 0 Å². The predicted octanol–water partition coefficient (Wildman–Crippen LogP) is 0.214. The van der Waals surface area contributed by atoms with Crippen LogP contribution in [0.25, 0.3) is 0 Å². The zero-order chi connectivity index (χ0) is 8.65. The topological polar surface area (TPSA) is 29.4 Å². The van der Waals surface area contributed by atoms with Crippen molar-refractivity contribution in [3.63, 3.8) is 0 Å². The average Bonchev–Trinajstić information content (AvgIpc) is 2.11. The number of nitrogens with one attached hydrogen (secondary N) is 1. The van der Waals surface area contributed by atoms with Gasteiger partial charge in [0.15, 0.2) is 6.17 Å². The van der Waals surface area contributed by atoms with Crippen LogP contribution in [0.4, 0.5) is 13.2 Å². The predicted molar refractivity (Wildman–Crippen MR) is 35.5 cm³/mol. The van der Waals surface area contributed by atoms with Crippen LogP contribution in [0.1, 0.15) is 0 Å². The zero-order valence-corrected chi connectivity index (χ0v) is 6.33. The van der Waals surface area contributed by atoms with Gasteiger partial charge in [0.2, 0.25) is 5.11 Å². The highest BCUT2D eigenvalue weighted by Crippen LogP contribution is 2.23. The number of rotatable bonds is 0. The van der Waals surface area contributed by atoms with E-state index in [2.05, 4.69) is 17.6 Å². The molecule has 0 aromatic heterocycles. The van der Waals surface area contributed by atoms with E-state index in [1.54, 1.807) is 0 Å². The molecule has 0 spiro atoms. The van der Waals surface area contributed by atoms with Gasteiger partial charge in [0.1, 0.15) is 0 Å².